The Labute approximate surface area is 187 Å². The van der Waals surface area contributed by atoms with Gasteiger partial charge in [-0.25, -0.2) is 4.79 Å². The molecule has 0 radical (unpaired) electrons. The van der Waals surface area contributed by atoms with Gasteiger partial charge in [-0.3, -0.25) is 4.90 Å². The van der Waals surface area contributed by atoms with Gasteiger partial charge in [0.1, 0.15) is 11.5 Å². The van der Waals surface area contributed by atoms with Crippen molar-refractivity contribution < 1.29 is 14.3 Å². The second-order valence-electron chi connectivity index (χ2n) is 8.77. The molecule has 170 valence electrons. The first-order chi connectivity index (χ1) is 15.0. The molecule has 1 heterocycles. The van der Waals surface area contributed by atoms with Crippen molar-refractivity contribution in [2.75, 3.05) is 19.6 Å². The van der Waals surface area contributed by atoms with Crippen LogP contribution >= 0.6 is 0 Å². The molecule has 31 heavy (non-hydrogen) atoms. The fourth-order valence-electron chi connectivity index (χ4n) is 4.50. The van der Waals surface area contributed by atoms with Gasteiger partial charge in [0, 0.05) is 30.6 Å². The summed E-state index contributed by atoms with van der Waals surface area (Å²) in [4.78, 5) is 15.0. The number of likely N-dealkylation sites (N-methyl/N-ethyl adjacent to an activating group) is 1. The Morgan fingerprint density at radius 2 is 2.10 bits per heavy atom. The van der Waals surface area contributed by atoms with Gasteiger partial charge in [0.05, 0.1) is 6.26 Å². The largest absolute Gasteiger partial charge is 0.465 e. The van der Waals surface area contributed by atoms with Crippen LogP contribution in [0.5, 0.6) is 11.5 Å². The fourth-order valence-corrected chi connectivity index (χ4v) is 4.50. The molecule has 1 saturated heterocycles. The van der Waals surface area contributed by atoms with Crippen molar-refractivity contribution >= 4 is 6.09 Å². The number of carbonyl (C=O) groups is 1. The Kier molecular flexibility index (Phi) is 8.59. The van der Waals surface area contributed by atoms with Gasteiger partial charge in [0.15, 0.2) is 0 Å². The summed E-state index contributed by atoms with van der Waals surface area (Å²) in [6.45, 7) is 12.9. The van der Waals surface area contributed by atoms with Crippen molar-refractivity contribution in [1.29, 1.82) is 0 Å². The lowest BCUT2D eigenvalue weighted by molar-refractivity contribution is 0.199. The van der Waals surface area contributed by atoms with Crippen molar-refractivity contribution in [1.82, 2.24) is 10.2 Å². The minimum atomic E-state index is -0.393. The molecule has 0 saturated carbocycles. The number of aryl methyl sites for hydroxylation is 1. The molecule has 3 unspecified atom stereocenters. The quantitative estimate of drug-likeness (QED) is 0.206. The predicted molar refractivity (Wildman–Crippen MR) is 126 cm³/mol. The third kappa shape index (κ3) is 6.60. The Bertz CT molecular complexity index is 802. The Morgan fingerprint density at radius 1 is 1.29 bits per heavy atom. The molecule has 1 N–H and O–H groups in total. The second-order valence-corrected chi connectivity index (χ2v) is 8.77. The number of rotatable bonds is 11. The molecule has 5 nitrogen and oxygen atoms in total. The number of nitrogens with zero attached hydrogens (tertiary/aromatic N) is 1. The molecular weight excluding hydrogens is 388 g/mol. The molecule has 1 fully saturated rings. The summed E-state index contributed by atoms with van der Waals surface area (Å²) in [6.07, 6.45) is 11.0. The SMILES string of the molecule is C=COc1cc(CCCCC)cc(OC(=O)NCC2CN2CC)c1C1C=C(C)CCC1. The summed E-state index contributed by atoms with van der Waals surface area (Å²) in [7, 11) is 0. The lowest BCUT2D eigenvalue weighted by Crippen LogP contribution is -2.31. The van der Waals surface area contributed by atoms with Crippen LogP contribution in [0.4, 0.5) is 4.79 Å². The molecule has 3 atom stereocenters. The van der Waals surface area contributed by atoms with Gasteiger partial charge in [-0.2, -0.15) is 0 Å². The maximum absolute atomic E-state index is 12.7. The number of unbranched alkanes of at least 4 members (excludes halogenated alkanes) is 2. The van der Waals surface area contributed by atoms with Crippen LogP contribution in [0, 0.1) is 0 Å². The molecule has 2 aliphatic rings. The van der Waals surface area contributed by atoms with Crippen molar-refractivity contribution in [2.45, 2.75) is 77.7 Å². The van der Waals surface area contributed by atoms with E-state index < -0.39 is 6.09 Å². The van der Waals surface area contributed by atoms with Gasteiger partial charge >= 0.3 is 6.09 Å². The van der Waals surface area contributed by atoms with Crippen LogP contribution in [0.15, 0.2) is 36.6 Å². The number of allylic oxidation sites excluding steroid dienone is 2. The molecular formula is C26H38N2O3. The fraction of sp³-hybridized carbons (Fsp3) is 0.577. The number of benzene rings is 1. The third-order valence-corrected chi connectivity index (χ3v) is 6.30. The number of hydrogen-bond donors (Lipinski definition) is 1. The van der Waals surface area contributed by atoms with E-state index in [0.717, 1.165) is 62.1 Å². The predicted octanol–water partition coefficient (Wildman–Crippen LogP) is 5.95. The van der Waals surface area contributed by atoms with Crippen LogP contribution in [-0.4, -0.2) is 36.7 Å². The second kappa shape index (κ2) is 11.4. The van der Waals surface area contributed by atoms with Crippen LogP contribution in [-0.2, 0) is 6.42 Å². The summed E-state index contributed by atoms with van der Waals surface area (Å²) in [6, 6.07) is 4.56. The molecule has 0 bridgehead atoms. The van der Waals surface area contributed by atoms with Gasteiger partial charge in [0.2, 0.25) is 0 Å². The average Bonchev–Trinajstić information content (AvgIpc) is 3.51. The van der Waals surface area contributed by atoms with Crippen LogP contribution < -0.4 is 14.8 Å². The highest BCUT2D eigenvalue weighted by Crippen LogP contribution is 2.43. The third-order valence-electron chi connectivity index (χ3n) is 6.30. The van der Waals surface area contributed by atoms with E-state index in [1.54, 1.807) is 0 Å². The number of carbonyl (C=O) groups excluding carboxylic acids is 1. The molecule has 1 aliphatic carbocycles. The number of amides is 1. The highest BCUT2D eigenvalue weighted by Gasteiger charge is 2.32. The first-order valence-electron chi connectivity index (χ1n) is 11.9. The molecule has 1 aliphatic heterocycles. The zero-order valence-corrected chi connectivity index (χ0v) is 19.4. The first kappa shape index (κ1) is 23.4. The van der Waals surface area contributed by atoms with Crippen LogP contribution in [0.3, 0.4) is 0 Å². The van der Waals surface area contributed by atoms with E-state index in [4.69, 9.17) is 9.47 Å². The molecule has 0 aromatic heterocycles. The zero-order valence-electron chi connectivity index (χ0n) is 19.4. The maximum atomic E-state index is 12.7. The van der Waals surface area contributed by atoms with Gasteiger partial charge in [0.25, 0.3) is 0 Å². The minimum Gasteiger partial charge on any atom is -0.465 e. The summed E-state index contributed by atoms with van der Waals surface area (Å²) < 4.78 is 11.8. The first-order valence-corrected chi connectivity index (χ1v) is 11.9. The Morgan fingerprint density at radius 3 is 2.77 bits per heavy atom. The van der Waals surface area contributed by atoms with E-state index in [9.17, 15) is 4.79 Å². The van der Waals surface area contributed by atoms with Crippen molar-refractivity contribution in [2.24, 2.45) is 0 Å². The van der Waals surface area contributed by atoms with E-state index >= 15 is 0 Å². The number of hydrogen-bond acceptors (Lipinski definition) is 4. The smallest absolute Gasteiger partial charge is 0.412 e. The van der Waals surface area contributed by atoms with Gasteiger partial charge < -0.3 is 14.8 Å². The lowest BCUT2D eigenvalue weighted by atomic mass is 9.84. The van der Waals surface area contributed by atoms with E-state index in [0.29, 0.717) is 18.3 Å². The van der Waals surface area contributed by atoms with Crippen LogP contribution in [0.1, 0.15) is 76.3 Å². The van der Waals surface area contributed by atoms with Gasteiger partial charge in [-0.15, -0.1) is 0 Å². The molecule has 1 aromatic rings. The van der Waals surface area contributed by atoms with E-state index in [2.05, 4.69) is 49.7 Å². The van der Waals surface area contributed by atoms with Crippen molar-refractivity contribution in [3.63, 3.8) is 0 Å². The monoisotopic (exact) mass is 426 g/mol. The van der Waals surface area contributed by atoms with Crippen LogP contribution in [0.25, 0.3) is 0 Å². The molecule has 1 aromatic carbocycles. The molecule has 0 spiro atoms. The number of ether oxygens (including phenoxy) is 2. The number of nitrogens with one attached hydrogen (secondary N) is 1. The topological polar surface area (TPSA) is 50.6 Å². The minimum absolute atomic E-state index is 0.176. The molecule has 3 rings (SSSR count). The van der Waals surface area contributed by atoms with Gasteiger partial charge in [-0.1, -0.05) is 44.9 Å². The normalized spacial score (nSPS) is 22.4. The van der Waals surface area contributed by atoms with Crippen LogP contribution in [0.2, 0.25) is 0 Å². The molecule has 5 heteroatoms. The van der Waals surface area contributed by atoms with Crippen molar-refractivity contribution in [3.8, 4) is 11.5 Å². The standard InChI is InChI=1S/C26H38N2O3/c1-5-8-9-12-20-15-23(30-7-3)25(21-13-10-11-19(4)14-21)24(16-20)31-26(29)27-17-22-18-28(22)6-2/h7,14-16,21-22H,3,5-6,8-13,17-18H2,1-2,4H3,(H,27,29). The summed E-state index contributed by atoms with van der Waals surface area (Å²) >= 11 is 0. The summed E-state index contributed by atoms with van der Waals surface area (Å²) in [5.41, 5.74) is 3.46. The summed E-state index contributed by atoms with van der Waals surface area (Å²) in [5.74, 6) is 1.54. The maximum Gasteiger partial charge on any atom is 0.412 e. The van der Waals surface area contributed by atoms with Gasteiger partial charge in [-0.05, 0) is 63.3 Å². The highest BCUT2D eigenvalue weighted by molar-refractivity contribution is 5.72. The molecule has 1 amide bonds. The lowest BCUT2D eigenvalue weighted by Gasteiger charge is -2.25. The Hall–Kier alpha value is -2.27. The van der Waals surface area contributed by atoms with E-state index in [1.807, 2.05) is 6.07 Å². The average molecular weight is 427 g/mol. The van der Waals surface area contributed by atoms with E-state index in [1.165, 1.54) is 24.7 Å². The summed E-state index contributed by atoms with van der Waals surface area (Å²) in [5, 5.41) is 2.94. The Balaban J connectivity index is 1.85. The van der Waals surface area contributed by atoms with E-state index in [-0.39, 0.29) is 5.92 Å². The zero-order chi connectivity index (χ0) is 22.2. The highest BCUT2D eigenvalue weighted by atomic mass is 16.6. The van der Waals surface area contributed by atoms with Crippen molar-refractivity contribution in [3.05, 3.63) is 47.7 Å².